The zero-order chi connectivity index (χ0) is 11.0. The zero-order valence-corrected chi connectivity index (χ0v) is 9.08. The van der Waals surface area contributed by atoms with Crippen molar-refractivity contribution in [2.75, 3.05) is 0 Å². The highest BCUT2D eigenvalue weighted by Gasteiger charge is 2.39. The number of benzene rings is 1. The lowest BCUT2D eigenvalue weighted by Gasteiger charge is -2.05. The van der Waals surface area contributed by atoms with Gasteiger partial charge in [0.2, 0.25) is 0 Å². The van der Waals surface area contributed by atoms with Crippen LogP contribution in [0.5, 0.6) is 0 Å². The van der Waals surface area contributed by atoms with Gasteiger partial charge in [-0.05, 0) is 29.7 Å². The molecule has 0 spiro atoms. The number of hydrogen-bond donors (Lipinski definition) is 0. The van der Waals surface area contributed by atoms with Crippen molar-refractivity contribution >= 4 is 0 Å². The number of rotatable bonds is 3. The lowest BCUT2D eigenvalue weighted by molar-refractivity contribution is 0.151. The van der Waals surface area contributed by atoms with E-state index >= 15 is 0 Å². The summed E-state index contributed by atoms with van der Waals surface area (Å²) >= 11 is 0. The molecule has 1 fully saturated rings. The third-order valence-corrected chi connectivity index (χ3v) is 3.31. The van der Waals surface area contributed by atoms with E-state index in [0.717, 1.165) is 5.92 Å². The standard InChI is InChI=1S/C13H16F2/c1-8(2)11-7-12(11)9-3-5-10(6-4-9)13(14)15/h3-6,8,11-13H,7H2,1-2H3/t11-,12-/m1/s1. The highest BCUT2D eigenvalue weighted by atomic mass is 19.3. The van der Waals surface area contributed by atoms with Gasteiger partial charge in [0.1, 0.15) is 0 Å². The van der Waals surface area contributed by atoms with Crippen LogP contribution >= 0.6 is 0 Å². The van der Waals surface area contributed by atoms with E-state index in [4.69, 9.17) is 0 Å². The monoisotopic (exact) mass is 210 g/mol. The van der Waals surface area contributed by atoms with E-state index in [0.29, 0.717) is 11.8 Å². The molecule has 2 heteroatoms. The molecule has 2 rings (SSSR count). The molecule has 1 saturated carbocycles. The quantitative estimate of drug-likeness (QED) is 0.694. The van der Waals surface area contributed by atoms with Gasteiger partial charge in [0.05, 0.1) is 0 Å². The van der Waals surface area contributed by atoms with Crippen molar-refractivity contribution in [1.82, 2.24) is 0 Å². The fourth-order valence-electron chi connectivity index (χ4n) is 2.22. The summed E-state index contributed by atoms with van der Waals surface area (Å²) in [6.07, 6.45) is -1.13. The summed E-state index contributed by atoms with van der Waals surface area (Å²) < 4.78 is 24.6. The summed E-state index contributed by atoms with van der Waals surface area (Å²) in [6.45, 7) is 4.44. The molecule has 0 radical (unpaired) electrons. The van der Waals surface area contributed by atoms with E-state index in [9.17, 15) is 8.78 Å². The summed E-state index contributed by atoms with van der Waals surface area (Å²) in [5.41, 5.74) is 1.35. The Balaban J connectivity index is 2.06. The van der Waals surface area contributed by atoms with Crippen LogP contribution in [0.15, 0.2) is 24.3 Å². The average Bonchev–Trinajstić information content (AvgIpc) is 2.97. The Labute approximate surface area is 89.3 Å². The van der Waals surface area contributed by atoms with Crippen LogP contribution in [0.2, 0.25) is 0 Å². The molecule has 82 valence electrons. The molecule has 0 bridgehead atoms. The van der Waals surface area contributed by atoms with Crippen molar-refractivity contribution in [2.24, 2.45) is 11.8 Å². The summed E-state index contributed by atoms with van der Waals surface area (Å²) in [5.74, 6) is 2.06. The van der Waals surface area contributed by atoms with Gasteiger partial charge in [0, 0.05) is 5.56 Å². The first-order chi connectivity index (χ1) is 7.09. The van der Waals surface area contributed by atoms with Crippen LogP contribution in [-0.4, -0.2) is 0 Å². The maximum absolute atomic E-state index is 12.3. The molecule has 0 heterocycles. The van der Waals surface area contributed by atoms with Crippen LogP contribution in [0, 0.1) is 11.8 Å². The van der Waals surface area contributed by atoms with E-state index in [1.54, 1.807) is 12.1 Å². The van der Waals surface area contributed by atoms with Gasteiger partial charge in [0.25, 0.3) is 6.43 Å². The molecule has 0 aromatic heterocycles. The van der Waals surface area contributed by atoms with Crippen molar-refractivity contribution in [3.63, 3.8) is 0 Å². The SMILES string of the molecule is CC(C)[C@H]1C[C@@H]1c1ccc(C(F)F)cc1. The molecule has 0 unspecified atom stereocenters. The second kappa shape index (κ2) is 3.92. The van der Waals surface area contributed by atoms with Crippen molar-refractivity contribution in [2.45, 2.75) is 32.6 Å². The molecular formula is C13H16F2. The first kappa shape index (κ1) is 10.6. The molecule has 1 aromatic carbocycles. The van der Waals surface area contributed by atoms with Gasteiger partial charge in [-0.25, -0.2) is 8.78 Å². The maximum atomic E-state index is 12.3. The Bertz CT molecular complexity index is 327. The van der Waals surface area contributed by atoms with E-state index in [1.807, 2.05) is 12.1 Å². The molecule has 15 heavy (non-hydrogen) atoms. The van der Waals surface area contributed by atoms with Crippen molar-refractivity contribution in [1.29, 1.82) is 0 Å². The highest BCUT2D eigenvalue weighted by Crippen LogP contribution is 2.51. The van der Waals surface area contributed by atoms with Gasteiger partial charge in [-0.15, -0.1) is 0 Å². The van der Waals surface area contributed by atoms with Crippen LogP contribution in [0.3, 0.4) is 0 Å². The Morgan fingerprint density at radius 1 is 1.13 bits per heavy atom. The smallest absolute Gasteiger partial charge is 0.205 e. The number of hydrogen-bond acceptors (Lipinski definition) is 0. The lowest BCUT2D eigenvalue weighted by Crippen LogP contribution is -1.92. The molecular weight excluding hydrogens is 194 g/mol. The number of alkyl halides is 2. The van der Waals surface area contributed by atoms with E-state index in [2.05, 4.69) is 13.8 Å². The van der Waals surface area contributed by atoms with E-state index in [1.165, 1.54) is 12.0 Å². The normalized spacial score (nSPS) is 24.9. The van der Waals surface area contributed by atoms with Crippen molar-refractivity contribution in [3.05, 3.63) is 35.4 Å². The van der Waals surface area contributed by atoms with Gasteiger partial charge in [-0.1, -0.05) is 38.1 Å². The third kappa shape index (κ3) is 2.19. The van der Waals surface area contributed by atoms with Gasteiger partial charge in [-0.2, -0.15) is 0 Å². The summed E-state index contributed by atoms with van der Waals surface area (Å²) in [7, 11) is 0. The van der Waals surface area contributed by atoms with E-state index in [-0.39, 0.29) is 5.56 Å². The molecule has 1 aliphatic carbocycles. The van der Waals surface area contributed by atoms with Gasteiger partial charge < -0.3 is 0 Å². The molecule has 1 aliphatic rings. The lowest BCUT2D eigenvalue weighted by atomic mass is 10.0. The van der Waals surface area contributed by atoms with Crippen LogP contribution in [0.1, 0.15) is 43.7 Å². The minimum Gasteiger partial charge on any atom is -0.205 e. The van der Waals surface area contributed by atoms with Crippen LogP contribution in [0.4, 0.5) is 8.78 Å². The fourth-order valence-corrected chi connectivity index (χ4v) is 2.22. The minimum absolute atomic E-state index is 0.125. The predicted octanol–water partition coefficient (Wildman–Crippen LogP) is 4.38. The Morgan fingerprint density at radius 3 is 2.13 bits per heavy atom. The number of halogens is 2. The Morgan fingerprint density at radius 2 is 1.73 bits per heavy atom. The third-order valence-electron chi connectivity index (χ3n) is 3.31. The molecule has 0 nitrogen and oxygen atoms in total. The summed E-state index contributed by atoms with van der Waals surface area (Å²) in [6, 6.07) is 6.81. The highest BCUT2D eigenvalue weighted by molar-refractivity contribution is 5.30. The molecule has 2 atom stereocenters. The topological polar surface area (TPSA) is 0 Å². The predicted molar refractivity (Wildman–Crippen MR) is 57.1 cm³/mol. The van der Waals surface area contributed by atoms with Gasteiger partial charge >= 0.3 is 0 Å². The first-order valence-electron chi connectivity index (χ1n) is 5.47. The minimum atomic E-state index is -2.35. The van der Waals surface area contributed by atoms with Crippen LogP contribution < -0.4 is 0 Å². The molecule has 0 aliphatic heterocycles. The Hall–Kier alpha value is -0.920. The van der Waals surface area contributed by atoms with Crippen molar-refractivity contribution in [3.8, 4) is 0 Å². The zero-order valence-electron chi connectivity index (χ0n) is 9.08. The average molecular weight is 210 g/mol. The van der Waals surface area contributed by atoms with Crippen molar-refractivity contribution < 1.29 is 8.78 Å². The molecule has 0 N–H and O–H groups in total. The summed E-state index contributed by atoms with van der Waals surface area (Å²) in [4.78, 5) is 0. The Kier molecular flexibility index (Phi) is 2.76. The second-order valence-electron chi connectivity index (χ2n) is 4.72. The second-order valence-corrected chi connectivity index (χ2v) is 4.72. The van der Waals surface area contributed by atoms with E-state index < -0.39 is 6.43 Å². The van der Waals surface area contributed by atoms with Gasteiger partial charge in [-0.3, -0.25) is 0 Å². The molecule has 1 aromatic rings. The largest absolute Gasteiger partial charge is 0.263 e. The fraction of sp³-hybridized carbons (Fsp3) is 0.538. The van der Waals surface area contributed by atoms with Crippen LogP contribution in [0.25, 0.3) is 0 Å². The maximum Gasteiger partial charge on any atom is 0.263 e. The molecule has 0 amide bonds. The first-order valence-corrected chi connectivity index (χ1v) is 5.47. The molecule has 0 saturated heterocycles. The van der Waals surface area contributed by atoms with Crippen LogP contribution in [-0.2, 0) is 0 Å². The van der Waals surface area contributed by atoms with Gasteiger partial charge in [0.15, 0.2) is 0 Å². The summed E-state index contributed by atoms with van der Waals surface area (Å²) in [5, 5.41) is 0.